The summed E-state index contributed by atoms with van der Waals surface area (Å²) in [6.07, 6.45) is 3.14. The second-order valence-electron chi connectivity index (χ2n) is 4.96. The minimum absolute atomic E-state index is 0. The minimum atomic E-state index is 0. The summed E-state index contributed by atoms with van der Waals surface area (Å²) in [6, 6.07) is 0. The third kappa shape index (κ3) is 4.07. The molecule has 2 rings (SSSR count). The van der Waals surface area contributed by atoms with Gasteiger partial charge in [0.05, 0.1) is 12.2 Å². The maximum atomic E-state index is 5.46. The van der Waals surface area contributed by atoms with Gasteiger partial charge in [0.15, 0.2) is 0 Å². The summed E-state index contributed by atoms with van der Waals surface area (Å²) in [4.78, 5) is 2.50. The van der Waals surface area contributed by atoms with Crippen LogP contribution in [-0.2, 0) is 9.47 Å². The molecule has 5 heteroatoms. The predicted molar refractivity (Wildman–Crippen MR) is 70.9 cm³/mol. The topological polar surface area (TPSA) is 33.7 Å². The molecule has 102 valence electrons. The van der Waals surface area contributed by atoms with Gasteiger partial charge in [-0.2, -0.15) is 0 Å². The smallest absolute Gasteiger partial charge is 0.0971 e. The normalized spacial score (nSPS) is 31.4. The van der Waals surface area contributed by atoms with E-state index < -0.39 is 0 Å². The lowest BCUT2D eigenvalue weighted by atomic mass is 9.98. The van der Waals surface area contributed by atoms with Gasteiger partial charge in [-0.05, 0) is 31.8 Å². The maximum absolute atomic E-state index is 5.46. The quantitative estimate of drug-likeness (QED) is 0.813. The van der Waals surface area contributed by atoms with Crippen molar-refractivity contribution in [2.75, 3.05) is 46.9 Å². The van der Waals surface area contributed by atoms with Gasteiger partial charge in [-0.3, -0.25) is 4.90 Å². The second-order valence-corrected chi connectivity index (χ2v) is 4.96. The molecule has 2 heterocycles. The first kappa shape index (κ1) is 15.2. The fourth-order valence-electron chi connectivity index (χ4n) is 2.85. The zero-order valence-electron chi connectivity index (χ0n) is 10.9. The van der Waals surface area contributed by atoms with Crippen molar-refractivity contribution >= 4 is 12.4 Å². The first-order valence-electron chi connectivity index (χ1n) is 6.32. The van der Waals surface area contributed by atoms with Crippen LogP contribution in [0.4, 0.5) is 0 Å². The van der Waals surface area contributed by atoms with E-state index in [0.717, 1.165) is 19.0 Å². The predicted octanol–water partition coefficient (Wildman–Crippen LogP) is 0.753. The Bertz CT molecular complexity index is 201. The van der Waals surface area contributed by atoms with Crippen molar-refractivity contribution in [1.29, 1.82) is 0 Å². The third-order valence-corrected chi connectivity index (χ3v) is 3.87. The first-order chi connectivity index (χ1) is 7.83. The van der Waals surface area contributed by atoms with Crippen LogP contribution in [0.1, 0.15) is 12.8 Å². The van der Waals surface area contributed by atoms with Crippen LogP contribution in [0, 0.1) is 5.92 Å². The van der Waals surface area contributed by atoms with Crippen molar-refractivity contribution in [3.8, 4) is 0 Å². The van der Waals surface area contributed by atoms with E-state index in [-0.39, 0.29) is 24.6 Å². The van der Waals surface area contributed by atoms with Gasteiger partial charge in [0.25, 0.3) is 0 Å². The van der Waals surface area contributed by atoms with Gasteiger partial charge in [0, 0.05) is 33.9 Å². The number of likely N-dealkylation sites (tertiary alicyclic amines) is 1. The number of hydrogen-bond acceptors (Lipinski definition) is 4. The van der Waals surface area contributed by atoms with E-state index in [0.29, 0.717) is 0 Å². The largest absolute Gasteiger partial charge is 0.377 e. The van der Waals surface area contributed by atoms with Crippen LogP contribution in [0.2, 0.25) is 0 Å². The molecule has 2 fully saturated rings. The van der Waals surface area contributed by atoms with E-state index in [4.69, 9.17) is 9.47 Å². The van der Waals surface area contributed by atoms with Gasteiger partial charge < -0.3 is 14.8 Å². The Labute approximate surface area is 110 Å². The number of nitrogens with one attached hydrogen (secondary N) is 1. The molecule has 0 aromatic carbocycles. The molecular weight excluding hydrogens is 240 g/mol. The van der Waals surface area contributed by atoms with E-state index in [1.54, 1.807) is 14.2 Å². The van der Waals surface area contributed by atoms with Gasteiger partial charge >= 0.3 is 0 Å². The van der Waals surface area contributed by atoms with Crippen molar-refractivity contribution in [3.63, 3.8) is 0 Å². The SMILES string of the molecule is COC1CN(CC2CCNCC2)CC1OC.Cl. The Morgan fingerprint density at radius 2 is 1.59 bits per heavy atom. The summed E-state index contributed by atoms with van der Waals surface area (Å²) >= 11 is 0. The average Bonchev–Trinajstić information content (AvgIpc) is 2.72. The number of ether oxygens (including phenoxy) is 2. The van der Waals surface area contributed by atoms with Crippen molar-refractivity contribution < 1.29 is 9.47 Å². The van der Waals surface area contributed by atoms with Crippen LogP contribution in [0.5, 0.6) is 0 Å². The highest BCUT2D eigenvalue weighted by molar-refractivity contribution is 5.85. The molecule has 2 atom stereocenters. The van der Waals surface area contributed by atoms with Crippen molar-refractivity contribution in [3.05, 3.63) is 0 Å². The Morgan fingerprint density at radius 3 is 2.06 bits per heavy atom. The van der Waals surface area contributed by atoms with E-state index in [1.165, 1.54) is 32.5 Å². The third-order valence-electron chi connectivity index (χ3n) is 3.87. The van der Waals surface area contributed by atoms with Crippen LogP contribution >= 0.6 is 12.4 Å². The molecule has 4 nitrogen and oxygen atoms in total. The van der Waals surface area contributed by atoms with Crippen LogP contribution < -0.4 is 5.32 Å². The molecular formula is C12H25ClN2O2. The van der Waals surface area contributed by atoms with Crippen molar-refractivity contribution in [2.24, 2.45) is 5.92 Å². The monoisotopic (exact) mass is 264 g/mol. The molecule has 0 spiro atoms. The standard InChI is InChI=1S/C12H24N2O2.ClH/c1-15-11-8-14(9-12(11)16-2)7-10-3-5-13-6-4-10;/h10-13H,3-9H2,1-2H3;1H. The highest BCUT2D eigenvalue weighted by atomic mass is 35.5. The average molecular weight is 265 g/mol. The summed E-state index contributed by atoms with van der Waals surface area (Å²) in [7, 11) is 3.56. The molecule has 0 bridgehead atoms. The van der Waals surface area contributed by atoms with Crippen LogP contribution in [0.15, 0.2) is 0 Å². The Kier molecular flexibility index (Phi) is 6.74. The summed E-state index contributed by atoms with van der Waals surface area (Å²) < 4.78 is 10.9. The molecule has 2 aliphatic heterocycles. The molecule has 1 N–H and O–H groups in total. The zero-order chi connectivity index (χ0) is 11.4. The van der Waals surface area contributed by atoms with Crippen molar-refractivity contribution in [1.82, 2.24) is 10.2 Å². The van der Waals surface area contributed by atoms with E-state index in [9.17, 15) is 0 Å². The summed E-state index contributed by atoms with van der Waals surface area (Å²) in [5.74, 6) is 0.856. The lowest BCUT2D eigenvalue weighted by molar-refractivity contribution is -0.00461. The van der Waals surface area contributed by atoms with Crippen molar-refractivity contribution in [2.45, 2.75) is 25.0 Å². The molecule has 0 amide bonds. The summed E-state index contributed by atoms with van der Waals surface area (Å²) in [5.41, 5.74) is 0. The number of hydrogen-bond donors (Lipinski definition) is 1. The van der Waals surface area contributed by atoms with Crippen LogP contribution in [-0.4, -0.2) is 64.1 Å². The first-order valence-corrected chi connectivity index (χ1v) is 6.32. The molecule has 0 radical (unpaired) electrons. The number of halogens is 1. The van der Waals surface area contributed by atoms with E-state index in [1.807, 2.05) is 0 Å². The molecule has 0 saturated carbocycles. The number of piperidine rings is 1. The summed E-state index contributed by atoms with van der Waals surface area (Å²) in [6.45, 7) is 5.62. The molecule has 2 saturated heterocycles. The number of nitrogens with zero attached hydrogens (tertiary/aromatic N) is 1. The maximum Gasteiger partial charge on any atom is 0.0971 e. The highest BCUT2D eigenvalue weighted by Crippen LogP contribution is 2.20. The van der Waals surface area contributed by atoms with Gasteiger partial charge in [0.1, 0.15) is 0 Å². The summed E-state index contributed by atoms with van der Waals surface area (Å²) in [5, 5.41) is 3.41. The highest BCUT2D eigenvalue weighted by Gasteiger charge is 2.33. The molecule has 0 aliphatic carbocycles. The van der Waals surface area contributed by atoms with Crippen LogP contribution in [0.25, 0.3) is 0 Å². The van der Waals surface area contributed by atoms with Gasteiger partial charge in [-0.1, -0.05) is 0 Å². The molecule has 2 unspecified atom stereocenters. The second kappa shape index (κ2) is 7.54. The molecule has 0 aromatic heterocycles. The Balaban J connectivity index is 0.00000144. The van der Waals surface area contributed by atoms with Gasteiger partial charge in [-0.25, -0.2) is 0 Å². The molecule has 0 aromatic rings. The number of methoxy groups -OCH3 is 2. The molecule has 17 heavy (non-hydrogen) atoms. The number of rotatable bonds is 4. The Morgan fingerprint density at radius 1 is 1.06 bits per heavy atom. The van der Waals surface area contributed by atoms with E-state index in [2.05, 4.69) is 10.2 Å². The fraction of sp³-hybridized carbons (Fsp3) is 1.00. The van der Waals surface area contributed by atoms with Crippen LogP contribution in [0.3, 0.4) is 0 Å². The molecule has 2 aliphatic rings. The zero-order valence-corrected chi connectivity index (χ0v) is 11.7. The lowest BCUT2D eigenvalue weighted by Crippen LogP contribution is -2.35. The fourth-order valence-corrected chi connectivity index (χ4v) is 2.85. The Hall–Kier alpha value is 0.130. The lowest BCUT2D eigenvalue weighted by Gasteiger charge is -2.27. The minimum Gasteiger partial charge on any atom is -0.377 e. The van der Waals surface area contributed by atoms with Gasteiger partial charge in [0.2, 0.25) is 0 Å². The van der Waals surface area contributed by atoms with Gasteiger partial charge in [-0.15, -0.1) is 12.4 Å². The van der Waals surface area contributed by atoms with E-state index >= 15 is 0 Å².